The number of oxazole rings is 1. The van der Waals surface area contributed by atoms with E-state index < -0.39 is 0 Å². The van der Waals surface area contributed by atoms with E-state index in [0.29, 0.717) is 0 Å². The summed E-state index contributed by atoms with van der Waals surface area (Å²) in [4.78, 5) is 4.34. The molecule has 3 heteroatoms. The highest BCUT2D eigenvalue weighted by atomic mass is 16.4. The van der Waals surface area contributed by atoms with Gasteiger partial charge in [0.2, 0.25) is 5.89 Å². The topological polar surface area (TPSA) is 38.1 Å². The molecule has 1 aromatic heterocycles. The van der Waals surface area contributed by atoms with Crippen LogP contribution in [0.4, 0.5) is 0 Å². The molecule has 1 atom stereocenters. The summed E-state index contributed by atoms with van der Waals surface area (Å²) in [6, 6.07) is 0. The molecular formula is C12H20N2O. The molecule has 15 heavy (non-hydrogen) atoms. The van der Waals surface area contributed by atoms with E-state index in [4.69, 9.17) is 4.42 Å². The maximum atomic E-state index is 5.50. The highest BCUT2D eigenvalue weighted by Gasteiger charge is 2.27. The first-order chi connectivity index (χ1) is 7.16. The van der Waals surface area contributed by atoms with E-state index in [1.807, 2.05) is 13.8 Å². The minimum Gasteiger partial charge on any atom is -0.444 e. The van der Waals surface area contributed by atoms with Crippen LogP contribution in [0.5, 0.6) is 0 Å². The van der Waals surface area contributed by atoms with Crippen molar-refractivity contribution in [2.45, 2.75) is 40.2 Å². The van der Waals surface area contributed by atoms with Gasteiger partial charge in [0.25, 0.3) is 0 Å². The number of hydrogen-bond acceptors (Lipinski definition) is 3. The SMILES string of the molecule is Cc1nc(CNCC(C)C2CC2)oc1C. The molecular weight excluding hydrogens is 188 g/mol. The summed E-state index contributed by atoms with van der Waals surface area (Å²) in [6.07, 6.45) is 2.83. The summed E-state index contributed by atoms with van der Waals surface area (Å²) in [7, 11) is 0. The van der Waals surface area contributed by atoms with Gasteiger partial charge < -0.3 is 9.73 Å². The van der Waals surface area contributed by atoms with Crippen molar-refractivity contribution in [1.82, 2.24) is 10.3 Å². The highest BCUT2D eigenvalue weighted by Crippen LogP contribution is 2.36. The molecule has 1 aromatic rings. The molecule has 84 valence electrons. The van der Waals surface area contributed by atoms with Gasteiger partial charge >= 0.3 is 0 Å². The van der Waals surface area contributed by atoms with Crippen molar-refractivity contribution in [3.05, 3.63) is 17.3 Å². The van der Waals surface area contributed by atoms with Gasteiger partial charge in [0.05, 0.1) is 12.2 Å². The van der Waals surface area contributed by atoms with Crippen LogP contribution in [-0.4, -0.2) is 11.5 Å². The second-order valence-electron chi connectivity index (χ2n) is 4.69. The van der Waals surface area contributed by atoms with E-state index >= 15 is 0 Å². The molecule has 0 aliphatic heterocycles. The van der Waals surface area contributed by atoms with Crippen molar-refractivity contribution < 1.29 is 4.42 Å². The molecule has 0 amide bonds. The molecule has 1 aliphatic carbocycles. The van der Waals surface area contributed by atoms with Crippen molar-refractivity contribution in [2.24, 2.45) is 11.8 Å². The Labute approximate surface area is 91.3 Å². The van der Waals surface area contributed by atoms with Gasteiger partial charge in [-0.1, -0.05) is 6.92 Å². The first-order valence-electron chi connectivity index (χ1n) is 5.80. The lowest BCUT2D eigenvalue weighted by Gasteiger charge is -2.09. The molecule has 1 unspecified atom stereocenters. The van der Waals surface area contributed by atoms with Gasteiger partial charge in [-0.3, -0.25) is 0 Å². The third-order valence-corrected chi connectivity index (χ3v) is 3.24. The normalized spacial score (nSPS) is 18.1. The summed E-state index contributed by atoms with van der Waals surface area (Å²) < 4.78 is 5.50. The zero-order chi connectivity index (χ0) is 10.8. The second-order valence-corrected chi connectivity index (χ2v) is 4.69. The molecule has 0 aromatic carbocycles. The maximum absolute atomic E-state index is 5.50. The largest absolute Gasteiger partial charge is 0.444 e. The first kappa shape index (κ1) is 10.7. The van der Waals surface area contributed by atoms with Gasteiger partial charge in [-0.2, -0.15) is 0 Å². The van der Waals surface area contributed by atoms with Crippen molar-refractivity contribution in [1.29, 1.82) is 0 Å². The fourth-order valence-electron chi connectivity index (χ4n) is 1.85. The molecule has 1 heterocycles. The van der Waals surface area contributed by atoms with Crippen LogP contribution in [0.2, 0.25) is 0 Å². The maximum Gasteiger partial charge on any atom is 0.208 e. The summed E-state index contributed by atoms with van der Waals surface area (Å²) in [5.74, 6) is 3.50. The molecule has 0 saturated heterocycles. The van der Waals surface area contributed by atoms with Crippen molar-refractivity contribution in [3.63, 3.8) is 0 Å². The Hall–Kier alpha value is -0.830. The second kappa shape index (κ2) is 4.35. The average Bonchev–Trinajstić information content (AvgIpc) is 2.96. The minimum absolute atomic E-state index is 0.756. The standard InChI is InChI=1S/C12H20N2O/c1-8(11-4-5-11)6-13-7-12-14-9(2)10(3)15-12/h8,11,13H,4-7H2,1-3H3. The number of nitrogens with zero attached hydrogens (tertiary/aromatic N) is 1. The van der Waals surface area contributed by atoms with Crippen LogP contribution in [0, 0.1) is 25.7 Å². The molecule has 1 N–H and O–H groups in total. The van der Waals surface area contributed by atoms with Crippen LogP contribution >= 0.6 is 0 Å². The Bertz CT molecular complexity index is 309. The molecule has 3 nitrogen and oxygen atoms in total. The molecule has 2 rings (SSSR count). The quantitative estimate of drug-likeness (QED) is 0.807. The summed E-state index contributed by atoms with van der Waals surface area (Å²) >= 11 is 0. The first-order valence-corrected chi connectivity index (χ1v) is 5.80. The van der Waals surface area contributed by atoms with Crippen LogP contribution in [-0.2, 0) is 6.54 Å². The lowest BCUT2D eigenvalue weighted by Crippen LogP contribution is -2.21. The van der Waals surface area contributed by atoms with Crippen molar-refractivity contribution in [2.75, 3.05) is 6.54 Å². The summed E-state index contributed by atoms with van der Waals surface area (Å²) in [5.41, 5.74) is 1.00. The van der Waals surface area contributed by atoms with E-state index in [-0.39, 0.29) is 0 Å². The predicted molar refractivity (Wildman–Crippen MR) is 59.6 cm³/mol. The number of aromatic nitrogens is 1. The van der Waals surface area contributed by atoms with Crippen LogP contribution in [0.25, 0.3) is 0 Å². The fourth-order valence-corrected chi connectivity index (χ4v) is 1.85. The average molecular weight is 208 g/mol. The molecule has 1 saturated carbocycles. The Morgan fingerprint density at radius 1 is 1.47 bits per heavy atom. The molecule has 1 fully saturated rings. The summed E-state index contributed by atoms with van der Waals surface area (Å²) in [5, 5.41) is 3.41. The van der Waals surface area contributed by atoms with Crippen LogP contribution in [0.1, 0.15) is 37.1 Å². The number of hydrogen-bond donors (Lipinski definition) is 1. The summed E-state index contributed by atoms with van der Waals surface area (Å²) in [6.45, 7) is 8.08. The number of aryl methyl sites for hydroxylation is 2. The Morgan fingerprint density at radius 2 is 2.20 bits per heavy atom. The van der Waals surface area contributed by atoms with Gasteiger partial charge in [0.1, 0.15) is 5.76 Å². The van der Waals surface area contributed by atoms with Crippen LogP contribution < -0.4 is 5.32 Å². The molecule has 0 radical (unpaired) electrons. The van der Waals surface area contributed by atoms with Crippen molar-refractivity contribution in [3.8, 4) is 0 Å². The highest BCUT2D eigenvalue weighted by molar-refractivity contribution is 5.05. The fraction of sp³-hybridized carbons (Fsp3) is 0.750. The van der Waals surface area contributed by atoms with Gasteiger partial charge in [-0.15, -0.1) is 0 Å². The van der Waals surface area contributed by atoms with Gasteiger partial charge in [-0.05, 0) is 45.1 Å². The third kappa shape index (κ3) is 2.81. The van der Waals surface area contributed by atoms with E-state index in [0.717, 1.165) is 42.3 Å². The van der Waals surface area contributed by atoms with Gasteiger partial charge in [0.15, 0.2) is 0 Å². The zero-order valence-electron chi connectivity index (χ0n) is 9.84. The zero-order valence-corrected chi connectivity index (χ0v) is 9.84. The van der Waals surface area contributed by atoms with Crippen LogP contribution in [0.3, 0.4) is 0 Å². The third-order valence-electron chi connectivity index (χ3n) is 3.24. The molecule has 0 bridgehead atoms. The van der Waals surface area contributed by atoms with Gasteiger partial charge in [-0.25, -0.2) is 4.98 Å². The minimum atomic E-state index is 0.756. The predicted octanol–water partition coefficient (Wildman–Crippen LogP) is 2.43. The van der Waals surface area contributed by atoms with Crippen LogP contribution in [0.15, 0.2) is 4.42 Å². The van der Waals surface area contributed by atoms with E-state index in [9.17, 15) is 0 Å². The lowest BCUT2D eigenvalue weighted by atomic mass is 10.1. The smallest absolute Gasteiger partial charge is 0.208 e. The Balaban J connectivity index is 1.73. The Kier molecular flexibility index (Phi) is 3.10. The van der Waals surface area contributed by atoms with E-state index in [1.165, 1.54) is 12.8 Å². The lowest BCUT2D eigenvalue weighted by molar-refractivity contribution is 0.414. The number of nitrogens with one attached hydrogen (secondary N) is 1. The van der Waals surface area contributed by atoms with E-state index in [1.54, 1.807) is 0 Å². The van der Waals surface area contributed by atoms with Crippen molar-refractivity contribution >= 4 is 0 Å². The molecule has 1 aliphatic rings. The van der Waals surface area contributed by atoms with Gasteiger partial charge in [0, 0.05) is 0 Å². The van der Waals surface area contributed by atoms with E-state index in [2.05, 4.69) is 17.2 Å². The monoisotopic (exact) mass is 208 g/mol. The Morgan fingerprint density at radius 3 is 2.73 bits per heavy atom. The molecule has 0 spiro atoms. The number of rotatable bonds is 5.